The van der Waals surface area contributed by atoms with Gasteiger partial charge in [0, 0.05) is 10.7 Å². The molecule has 0 atom stereocenters. The lowest BCUT2D eigenvalue weighted by molar-refractivity contribution is 0.102. The summed E-state index contributed by atoms with van der Waals surface area (Å²) in [6.07, 6.45) is 0. The van der Waals surface area contributed by atoms with E-state index in [0.29, 0.717) is 16.4 Å². The van der Waals surface area contributed by atoms with Crippen LogP contribution in [0.3, 0.4) is 0 Å². The van der Waals surface area contributed by atoms with Crippen LogP contribution in [0.4, 0.5) is 10.1 Å². The van der Waals surface area contributed by atoms with E-state index in [1.807, 2.05) is 0 Å². The van der Waals surface area contributed by atoms with Gasteiger partial charge in [0.2, 0.25) is 0 Å². The van der Waals surface area contributed by atoms with Crippen LogP contribution in [0.15, 0.2) is 48.5 Å². The third-order valence-electron chi connectivity index (χ3n) is 3.26. The van der Waals surface area contributed by atoms with Crippen LogP contribution in [0.5, 0.6) is 0 Å². The van der Waals surface area contributed by atoms with Crippen molar-refractivity contribution in [1.29, 1.82) is 0 Å². The van der Waals surface area contributed by atoms with E-state index in [9.17, 15) is 9.18 Å². The molecule has 1 N–H and O–H groups in total. The van der Waals surface area contributed by atoms with Gasteiger partial charge in [-0.3, -0.25) is 4.79 Å². The van der Waals surface area contributed by atoms with Gasteiger partial charge in [-0.25, -0.2) is 9.07 Å². The fourth-order valence-corrected chi connectivity index (χ4v) is 2.25. The predicted molar refractivity (Wildman–Crippen MR) is 85.5 cm³/mol. The number of hydrogen-bond donors (Lipinski definition) is 1. The lowest BCUT2D eigenvalue weighted by atomic mass is 10.2. The minimum atomic E-state index is -0.451. The van der Waals surface area contributed by atoms with E-state index in [0.717, 1.165) is 5.69 Å². The molecule has 0 unspecified atom stereocenters. The summed E-state index contributed by atoms with van der Waals surface area (Å²) in [5.41, 5.74) is 1.84. The Hall–Kier alpha value is -2.73. The van der Waals surface area contributed by atoms with Gasteiger partial charge in [0.1, 0.15) is 5.82 Å². The molecule has 3 aromatic rings. The molecular weight excluding hydrogens is 319 g/mol. The molecule has 0 bridgehead atoms. The zero-order valence-corrected chi connectivity index (χ0v) is 12.9. The van der Waals surface area contributed by atoms with E-state index >= 15 is 0 Å². The van der Waals surface area contributed by atoms with Gasteiger partial charge in [0.15, 0.2) is 5.69 Å². The number of carbonyl (C=O) groups is 1. The van der Waals surface area contributed by atoms with Gasteiger partial charge in [0.25, 0.3) is 5.91 Å². The Bertz CT molecular complexity index is 861. The second kappa shape index (κ2) is 6.18. The van der Waals surface area contributed by atoms with E-state index in [1.165, 1.54) is 22.9 Å². The van der Waals surface area contributed by atoms with Crippen molar-refractivity contribution in [2.24, 2.45) is 0 Å². The molecule has 0 aliphatic rings. The summed E-state index contributed by atoms with van der Waals surface area (Å²) < 4.78 is 14.7. The third kappa shape index (κ3) is 3.22. The zero-order valence-electron chi connectivity index (χ0n) is 12.1. The minimum absolute atomic E-state index is 0.171. The predicted octanol–water partition coefficient (Wildman–Crippen LogP) is 3.62. The van der Waals surface area contributed by atoms with Gasteiger partial charge in [-0.05, 0) is 49.4 Å². The highest BCUT2D eigenvalue weighted by molar-refractivity contribution is 6.30. The maximum atomic E-state index is 13.2. The van der Waals surface area contributed by atoms with Crippen LogP contribution in [0, 0.1) is 12.7 Å². The van der Waals surface area contributed by atoms with Gasteiger partial charge in [0.05, 0.1) is 11.4 Å². The summed E-state index contributed by atoms with van der Waals surface area (Å²) in [6, 6.07) is 12.7. The Morgan fingerprint density at radius 1 is 1.22 bits per heavy atom. The topological polar surface area (TPSA) is 59.8 Å². The van der Waals surface area contributed by atoms with Crippen LogP contribution in [0.25, 0.3) is 5.69 Å². The molecule has 1 heterocycles. The molecule has 2 aromatic carbocycles. The van der Waals surface area contributed by atoms with Gasteiger partial charge in [-0.15, -0.1) is 5.10 Å². The lowest BCUT2D eigenvalue weighted by Crippen LogP contribution is -2.14. The number of rotatable bonds is 3. The molecule has 0 saturated carbocycles. The molecule has 7 heteroatoms. The lowest BCUT2D eigenvalue weighted by Gasteiger charge is -2.05. The second-order valence-electron chi connectivity index (χ2n) is 4.88. The first-order chi connectivity index (χ1) is 11.0. The average molecular weight is 331 g/mol. The molecule has 0 aliphatic carbocycles. The average Bonchev–Trinajstić information content (AvgIpc) is 2.90. The fraction of sp³-hybridized carbons (Fsp3) is 0.0625. The van der Waals surface area contributed by atoms with Crippen molar-refractivity contribution < 1.29 is 9.18 Å². The third-order valence-corrected chi connectivity index (χ3v) is 3.52. The largest absolute Gasteiger partial charge is 0.320 e. The maximum Gasteiger partial charge on any atom is 0.278 e. The summed E-state index contributed by atoms with van der Waals surface area (Å²) in [4.78, 5) is 12.3. The number of amides is 1. The highest BCUT2D eigenvalue weighted by atomic mass is 35.5. The van der Waals surface area contributed by atoms with Crippen molar-refractivity contribution in [3.05, 3.63) is 70.8 Å². The van der Waals surface area contributed by atoms with E-state index in [-0.39, 0.29) is 5.69 Å². The zero-order chi connectivity index (χ0) is 16.4. The first-order valence-corrected chi connectivity index (χ1v) is 7.17. The first kappa shape index (κ1) is 15.2. The molecule has 0 radical (unpaired) electrons. The molecule has 23 heavy (non-hydrogen) atoms. The van der Waals surface area contributed by atoms with Crippen molar-refractivity contribution in [3.63, 3.8) is 0 Å². The van der Waals surface area contributed by atoms with E-state index in [2.05, 4.69) is 15.6 Å². The van der Waals surface area contributed by atoms with Crippen molar-refractivity contribution in [3.8, 4) is 5.69 Å². The van der Waals surface area contributed by atoms with Crippen LogP contribution in [0.2, 0.25) is 5.02 Å². The van der Waals surface area contributed by atoms with Crippen LogP contribution in [-0.2, 0) is 0 Å². The van der Waals surface area contributed by atoms with Crippen LogP contribution >= 0.6 is 11.6 Å². The number of halogens is 2. The minimum Gasteiger partial charge on any atom is -0.320 e. The molecule has 0 fully saturated rings. The molecule has 5 nitrogen and oxygen atoms in total. The molecule has 0 spiro atoms. The number of anilines is 1. The fourth-order valence-electron chi connectivity index (χ4n) is 2.12. The Kier molecular flexibility index (Phi) is 4.08. The number of nitrogens with one attached hydrogen (secondary N) is 1. The SMILES string of the molecule is Cc1c(C(=O)Nc2cccc(F)c2)nnn1-c1ccc(Cl)cc1. The highest BCUT2D eigenvalue weighted by Crippen LogP contribution is 2.17. The molecular formula is C16H12ClFN4O. The molecule has 1 amide bonds. The standard InChI is InChI=1S/C16H12ClFN4O/c1-10-15(16(23)19-13-4-2-3-12(18)9-13)20-21-22(10)14-7-5-11(17)6-8-14/h2-9H,1H3,(H,19,23). The van der Waals surface area contributed by atoms with Crippen LogP contribution in [0.1, 0.15) is 16.2 Å². The first-order valence-electron chi connectivity index (χ1n) is 6.80. The number of aromatic nitrogens is 3. The number of carbonyl (C=O) groups excluding carboxylic acids is 1. The van der Waals surface area contributed by atoms with Crippen LogP contribution < -0.4 is 5.32 Å². The van der Waals surface area contributed by atoms with E-state index in [1.54, 1.807) is 37.3 Å². The normalized spacial score (nSPS) is 10.6. The van der Waals surface area contributed by atoms with Gasteiger partial charge < -0.3 is 5.32 Å². The second-order valence-corrected chi connectivity index (χ2v) is 5.31. The van der Waals surface area contributed by atoms with E-state index in [4.69, 9.17) is 11.6 Å². The molecule has 0 saturated heterocycles. The Morgan fingerprint density at radius 3 is 2.65 bits per heavy atom. The maximum absolute atomic E-state index is 13.2. The number of hydrogen-bond acceptors (Lipinski definition) is 3. The molecule has 3 rings (SSSR count). The monoisotopic (exact) mass is 330 g/mol. The molecule has 0 aliphatic heterocycles. The summed E-state index contributed by atoms with van der Waals surface area (Å²) in [5.74, 6) is -0.877. The summed E-state index contributed by atoms with van der Waals surface area (Å²) >= 11 is 5.86. The Labute approximate surface area is 136 Å². The Morgan fingerprint density at radius 2 is 1.96 bits per heavy atom. The summed E-state index contributed by atoms with van der Waals surface area (Å²) in [6.45, 7) is 1.73. The van der Waals surface area contributed by atoms with Crippen molar-refractivity contribution in [2.45, 2.75) is 6.92 Å². The van der Waals surface area contributed by atoms with Gasteiger partial charge in [-0.1, -0.05) is 22.9 Å². The number of nitrogens with zero attached hydrogens (tertiary/aromatic N) is 3. The number of benzene rings is 2. The molecule has 116 valence electrons. The smallest absolute Gasteiger partial charge is 0.278 e. The van der Waals surface area contributed by atoms with Crippen molar-refractivity contribution in [2.75, 3.05) is 5.32 Å². The highest BCUT2D eigenvalue weighted by Gasteiger charge is 2.17. The van der Waals surface area contributed by atoms with Gasteiger partial charge >= 0.3 is 0 Å². The van der Waals surface area contributed by atoms with Crippen molar-refractivity contribution >= 4 is 23.2 Å². The van der Waals surface area contributed by atoms with Gasteiger partial charge in [-0.2, -0.15) is 0 Å². The van der Waals surface area contributed by atoms with Crippen molar-refractivity contribution in [1.82, 2.24) is 15.0 Å². The summed E-state index contributed by atoms with van der Waals surface area (Å²) in [7, 11) is 0. The van der Waals surface area contributed by atoms with E-state index < -0.39 is 11.7 Å². The quantitative estimate of drug-likeness (QED) is 0.798. The Balaban J connectivity index is 1.86. The van der Waals surface area contributed by atoms with Crippen LogP contribution in [-0.4, -0.2) is 20.9 Å². The molecule has 1 aromatic heterocycles. The summed E-state index contributed by atoms with van der Waals surface area (Å²) in [5, 5.41) is 11.1.